The third-order valence-electron chi connectivity index (χ3n) is 2.32. The predicted octanol–water partition coefficient (Wildman–Crippen LogP) is 0.809. The van der Waals surface area contributed by atoms with Crippen molar-refractivity contribution in [2.75, 3.05) is 6.61 Å². The Bertz CT molecular complexity index is 402. The summed E-state index contributed by atoms with van der Waals surface area (Å²) in [5.41, 5.74) is -0.596. The number of nitrogens with zero attached hydrogens (tertiary/aromatic N) is 1. The molecule has 0 radical (unpaired) electrons. The van der Waals surface area contributed by atoms with Gasteiger partial charge in [-0.1, -0.05) is 6.58 Å². The van der Waals surface area contributed by atoms with Crippen LogP contribution < -0.4 is 0 Å². The first-order valence-corrected chi connectivity index (χ1v) is 5.14. The van der Waals surface area contributed by atoms with Crippen LogP contribution in [0.2, 0.25) is 0 Å². The van der Waals surface area contributed by atoms with Gasteiger partial charge in [-0.25, -0.2) is 4.79 Å². The fourth-order valence-electron chi connectivity index (χ4n) is 1.43. The molecular formula is C12H15NO4. The summed E-state index contributed by atoms with van der Waals surface area (Å²) >= 11 is 0. The standard InChI is InChI=1S/C12H15NO4/c1-8(2)11(16)17-7-12(3,4)13-9(14)5-6-10(13)15/h5-6H,1,7H2,2-4H3. The molecule has 0 saturated carbocycles. The summed E-state index contributed by atoms with van der Waals surface area (Å²) in [6.07, 6.45) is 2.40. The van der Waals surface area contributed by atoms with Crippen LogP contribution in [0.15, 0.2) is 24.3 Å². The largest absolute Gasteiger partial charge is 0.460 e. The molecule has 5 nitrogen and oxygen atoms in total. The summed E-state index contributed by atoms with van der Waals surface area (Å²) in [5, 5.41) is 0. The Balaban J connectivity index is 2.69. The SMILES string of the molecule is C=C(C)C(=O)OCC(C)(C)N1C(=O)C=CC1=O. The maximum absolute atomic E-state index is 11.5. The topological polar surface area (TPSA) is 63.7 Å². The minimum atomic E-state index is -0.872. The van der Waals surface area contributed by atoms with Crippen molar-refractivity contribution < 1.29 is 19.1 Å². The van der Waals surface area contributed by atoms with Crippen molar-refractivity contribution in [3.63, 3.8) is 0 Å². The number of ether oxygens (including phenoxy) is 1. The lowest BCUT2D eigenvalue weighted by molar-refractivity contribution is -0.152. The number of amides is 2. The number of hydrogen-bond donors (Lipinski definition) is 0. The van der Waals surface area contributed by atoms with Crippen molar-refractivity contribution in [1.29, 1.82) is 0 Å². The van der Waals surface area contributed by atoms with E-state index in [0.717, 1.165) is 4.90 Å². The van der Waals surface area contributed by atoms with Crippen molar-refractivity contribution in [2.24, 2.45) is 0 Å². The summed E-state index contributed by atoms with van der Waals surface area (Å²) in [7, 11) is 0. The van der Waals surface area contributed by atoms with E-state index in [1.807, 2.05) is 0 Å². The minimum Gasteiger partial charge on any atom is -0.460 e. The molecule has 0 N–H and O–H groups in total. The van der Waals surface area contributed by atoms with E-state index in [1.165, 1.54) is 19.1 Å². The normalized spacial score (nSPS) is 15.4. The Morgan fingerprint density at radius 1 is 1.35 bits per heavy atom. The molecule has 0 aromatic heterocycles. The first kappa shape index (κ1) is 13.2. The molecule has 0 atom stereocenters. The highest BCUT2D eigenvalue weighted by Crippen LogP contribution is 2.20. The van der Waals surface area contributed by atoms with Crippen molar-refractivity contribution >= 4 is 17.8 Å². The fraction of sp³-hybridized carbons (Fsp3) is 0.417. The van der Waals surface area contributed by atoms with Gasteiger partial charge in [0.1, 0.15) is 6.61 Å². The Kier molecular flexibility index (Phi) is 3.50. The Morgan fingerprint density at radius 3 is 2.24 bits per heavy atom. The average Bonchev–Trinajstić information content (AvgIpc) is 2.55. The molecule has 1 heterocycles. The van der Waals surface area contributed by atoms with E-state index in [4.69, 9.17) is 4.74 Å². The van der Waals surface area contributed by atoms with E-state index in [-0.39, 0.29) is 12.2 Å². The molecule has 1 rings (SSSR count). The monoisotopic (exact) mass is 237 g/mol. The molecular weight excluding hydrogens is 222 g/mol. The van der Waals surface area contributed by atoms with E-state index in [0.29, 0.717) is 0 Å². The second-order valence-electron chi connectivity index (χ2n) is 4.51. The van der Waals surface area contributed by atoms with Crippen LogP contribution in [-0.2, 0) is 19.1 Å². The van der Waals surface area contributed by atoms with E-state index in [2.05, 4.69) is 6.58 Å². The van der Waals surface area contributed by atoms with Gasteiger partial charge in [-0.3, -0.25) is 14.5 Å². The fourth-order valence-corrected chi connectivity index (χ4v) is 1.43. The van der Waals surface area contributed by atoms with Gasteiger partial charge in [-0.2, -0.15) is 0 Å². The molecule has 5 heteroatoms. The van der Waals surface area contributed by atoms with Gasteiger partial charge >= 0.3 is 5.97 Å². The molecule has 0 aromatic rings. The number of imide groups is 1. The highest BCUT2D eigenvalue weighted by molar-refractivity contribution is 6.13. The highest BCUT2D eigenvalue weighted by atomic mass is 16.5. The number of hydrogen-bond acceptors (Lipinski definition) is 4. The molecule has 0 fully saturated rings. The first-order valence-electron chi connectivity index (χ1n) is 5.14. The van der Waals surface area contributed by atoms with Crippen LogP contribution >= 0.6 is 0 Å². The predicted molar refractivity (Wildman–Crippen MR) is 60.8 cm³/mol. The van der Waals surface area contributed by atoms with Crippen LogP contribution in [-0.4, -0.2) is 34.8 Å². The van der Waals surface area contributed by atoms with Crippen LogP contribution in [0.5, 0.6) is 0 Å². The van der Waals surface area contributed by atoms with Gasteiger partial charge in [0.05, 0.1) is 5.54 Å². The van der Waals surface area contributed by atoms with Crippen LogP contribution in [0.25, 0.3) is 0 Å². The van der Waals surface area contributed by atoms with Gasteiger partial charge in [0, 0.05) is 17.7 Å². The van der Waals surface area contributed by atoms with E-state index in [1.54, 1.807) is 13.8 Å². The number of carbonyl (C=O) groups is 3. The number of esters is 1. The zero-order chi connectivity index (χ0) is 13.2. The molecule has 17 heavy (non-hydrogen) atoms. The van der Waals surface area contributed by atoms with Gasteiger partial charge in [-0.05, 0) is 20.8 Å². The van der Waals surface area contributed by atoms with Gasteiger partial charge in [0.2, 0.25) is 0 Å². The van der Waals surface area contributed by atoms with Gasteiger partial charge in [0.15, 0.2) is 0 Å². The van der Waals surface area contributed by atoms with Crippen LogP contribution in [0.1, 0.15) is 20.8 Å². The zero-order valence-corrected chi connectivity index (χ0v) is 10.1. The molecule has 1 aliphatic heterocycles. The Hall–Kier alpha value is -1.91. The smallest absolute Gasteiger partial charge is 0.333 e. The third-order valence-corrected chi connectivity index (χ3v) is 2.32. The summed E-state index contributed by atoms with van der Waals surface area (Å²) in [5.74, 6) is -1.33. The van der Waals surface area contributed by atoms with Crippen molar-refractivity contribution in [2.45, 2.75) is 26.3 Å². The van der Waals surface area contributed by atoms with Crippen molar-refractivity contribution in [1.82, 2.24) is 4.90 Å². The third kappa shape index (κ3) is 2.81. The lowest BCUT2D eigenvalue weighted by Crippen LogP contribution is -2.51. The van der Waals surface area contributed by atoms with Crippen LogP contribution in [0, 0.1) is 0 Å². The maximum atomic E-state index is 11.5. The second kappa shape index (κ2) is 4.53. The summed E-state index contributed by atoms with van der Waals surface area (Å²) in [6.45, 7) is 8.23. The lowest BCUT2D eigenvalue weighted by Gasteiger charge is -2.33. The zero-order valence-electron chi connectivity index (χ0n) is 10.1. The molecule has 0 spiro atoms. The minimum absolute atomic E-state index is 0.0577. The molecule has 0 aromatic carbocycles. The quantitative estimate of drug-likeness (QED) is 0.412. The molecule has 92 valence electrons. The molecule has 0 bridgehead atoms. The maximum Gasteiger partial charge on any atom is 0.333 e. The number of rotatable bonds is 4. The van der Waals surface area contributed by atoms with Gasteiger partial charge in [-0.15, -0.1) is 0 Å². The molecule has 0 saturated heterocycles. The first-order chi connectivity index (χ1) is 7.75. The van der Waals surface area contributed by atoms with E-state index >= 15 is 0 Å². The molecule has 2 amide bonds. The Labute approximate surface area is 99.7 Å². The van der Waals surface area contributed by atoms with E-state index in [9.17, 15) is 14.4 Å². The lowest BCUT2D eigenvalue weighted by atomic mass is 10.0. The summed E-state index contributed by atoms with van der Waals surface area (Å²) in [4.78, 5) is 35.3. The van der Waals surface area contributed by atoms with Gasteiger partial charge < -0.3 is 4.74 Å². The molecule has 1 aliphatic rings. The average molecular weight is 237 g/mol. The van der Waals surface area contributed by atoms with Gasteiger partial charge in [0.25, 0.3) is 11.8 Å². The Morgan fingerprint density at radius 2 is 1.82 bits per heavy atom. The van der Waals surface area contributed by atoms with Crippen LogP contribution in [0.3, 0.4) is 0 Å². The summed E-state index contributed by atoms with van der Waals surface area (Å²) < 4.78 is 4.96. The van der Waals surface area contributed by atoms with Crippen LogP contribution in [0.4, 0.5) is 0 Å². The molecule has 0 unspecified atom stereocenters. The number of carbonyl (C=O) groups excluding carboxylic acids is 3. The molecule has 0 aliphatic carbocycles. The van der Waals surface area contributed by atoms with E-state index < -0.39 is 23.3 Å². The van der Waals surface area contributed by atoms with Crippen molar-refractivity contribution in [3.05, 3.63) is 24.3 Å². The van der Waals surface area contributed by atoms with Crippen molar-refractivity contribution in [3.8, 4) is 0 Å². The highest BCUT2D eigenvalue weighted by Gasteiger charge is 2.38. The summed E-state index contributed by atoms with van der Waals surface area (Å²) in [6, 6.07) is 0. The second-order valence-corrected chi connectivity index (χ2v) is 4.51.